The maximum absolute atomic E-state index is 12.8. The number of nitrogens with one attached hydrogen (secondary N) is 2. The Bertz CT molecular complexity index is 614. The second-order valence-corrected chi connectivity index (χ2v) is 5.65. The first-order valence-electron chi connectivity index (χ1n) is 7.55. The minimum atomic E-state index is -0.327. The summed E-state index contributed by atoms with van der Waals surface area (Å²) in [5, 5.41) is 5.55. The van der Waals surface area contributed by atoms with E-state index in [4.69, 9.17) is 0 Å². The van der Waals surface area contributed by atoms with Gasteiger partial charge in [-0.05, 0) is 50.3 Å². The predicted octanol–water partition coefficient (Wildman–Crippen LogP) is 3.12. The second-order valence-electron chi connectivity index (χ2n) is 5.65. The van der Waals surface area contributed by atoms with Gasteiger partial charge in [0.25, 0.3) is 0 Å². The molecule has 0 radical (unpaired) electrons. The highest BCUT2D eigenvalue weighted by Gasteiger charge is 2.13. The molecule has 2 rings (SSSR count). The second kappa shape index (κ2) is 8.29. The Labute approximate surface area is 136 Å². The Balaban J connectivity index is 1.85. The average molecular weight is 315 g/mol. The molecule has 0 bridgehead atoms. The molecule has 0 aromatic heterocycles. The van der Waals surface area contributed by atoms with Crippen LogP contribution in [0.3, 0.4) is 0 Å². The van der Waals surface area contributed by atoms with Crippen LogP contribution in [0, 0.1) is 5.82 Å². The maximum Gasteiger partial charge on any atom is 0.319 e. The van der Waals surface area contributed by atoms with E-state index in [1.807, 2.05) is 32.3 Å². The van der Waals surface area contributed by atoms with E-state index in [2.05, 4.69) is 27.7 Å². The van der Waals surface area contributed by atoms with Gasteiger partial charge < -0.3 is 15.5 Å². The van der Waals surface area contributed by atoms with Crippen LogP contribution < -0.4 is 10.6 Å². The third-order valence-corrected chi connectivity index (χ3v) is 3.64. The van der Waals surface area contributed by atoms with Crippen molar-refractivity contribution in [1.82, 2.24) is 10.2 Å². The van der Waals surface area contributed by atoms with Gasteiger partial charge >= 0.3 is 6.03 Å². The van der Waals surface area contributed by atoms with E-state index in [1.54, 1.807) is 0 Å². The summed E-state index contributed by atoms with van der Waals surface area (Å²) < 4.78 is 12.8. The van der Waals surface area contributed by atoms with Gasteiger partial charge in [-0.3, -0.25) is 0 Å². The zero-order chi connectivity index (χ0) is 16.7. The van der Waals surface area contributed by atoms with Crippen molar-refractivity contribution in [2.75, 3.05) is 26.0 Å². The van der Waals surface area contributed by atoms with Gasteiger partial charge in [-0.1, -0.05) is 30.3 Å². The van der Waals surface area contributed by atoms with Crippen LogP contribution in [-0.2, 0) is 6.42 Å². The topological polar surface area (TPSA) is 44.4 Å². The van der Waals surface area contributed by atoms with Gasteiger partial charge in [0.2, 0.25) is 0 Å². The molecule has 0 saturated carbocycles. The summed E-state index contributed by atoms with van der Waals surface area (Å²) in [5.41, 5.74) is 1.79. The van der Waals surface area contributed by atoms with Crippen LogP contribution in [0.4, 0.5) is 14.9 Å². The summed E-state index contributed by atoms with van der Waals surface area (Å²) in [6.07, 6.45) is 0.852. The highest BCUT2D eigenvalue weighted by atomic mass is 19.1. The number of halogens is 1. The van der Waals surface area contributed by atoms with Crippen LogP contribution in [0.15, 0.2) is 54.6 Å². The van der Waals surface area contributed by atoms with E-state index in [1.165, 1.54) is 29.8 Å². The van der Waals surface area contributed by atoms with E-state index < -0.39 is 0 Å². The summed E-state index contributed by atoms with van der Waals surface area (Å²) in [7, 11) is 3.99. The van der Waals surface area contributed by atoms with Crippen LogP contribution in [0.2, 0.25) is 0 Å². The van der Waals surface area contributed by atoms with Crippen molar-refractivity contribution in [2.24, 2.45) is 0 Å². The normalized spacial score (nSPS) is 12.0. The highest BCUT2D eigenvalue weighted by molar-refractivity contribution is 5.89. The predicted molar refractivity (Wildman–Crippen MR) is 91.0 cm³/mol. The summed E-state index contributed by atoms with van der Waals surface area (Å²) >= 11 is 0. The Morgan fingerprint density at radius 1 is 1.09 bits per heavy atom. The number of carbonyl (C=O) groups excluding carboxylic acids is 1. The molecule has 1 unspecified atom stereocenters. The van der Waals surface area contributed by atoms with Gasteiger partial charge in [-0.2, -0.15) is 0 Å². The van der Waals surface area contributed by atoms with Crippen LogP contribution in [0.5, 0.6) is 0 Å². The maximum atomic E-state index is 12.8. The van der Waals surface area contributed by atoms with Crippen molar-refractivity contribution >= 4 is 11.7 Å². The van der Waals surface area contributed by atoms with E-state index in [9.17, 15) is 9.18 Å². The smallest absolute Gasteiger partial charge is 0.319 e. The standard InChI is InChI=1S/C18H22FN3O/c1-22(2)17(12-14-6-4-3-5-7-14)13-20-18(23)21-16-10-8-15(19)9-11-16/h3-11,17H,12-13H2,1-2H3,(H2,20,21,23). The number of urea groups is 1. The summed E-state index contributed by atoms with van der Waals surface area (Å²) in [6.45, 7) is 0.523. The van der Waals surface area contributed by atoms with Crippen LogP contribution in [0.1, 0.15) is 5.56 Å². The van der Waals surface area contributed by atoms with E-state index >= 15 is 0 Å². The molecule has 5 heteroatoms. The average Bonchev–Trinajstić information content (AvgIpc) is 2.54. The molecule has 2 amide bonds. The van der Waals surface area contributed by atoms with E-state index in [0.29, 0.717) is 12.2 Å². The molecular formula is C18H22FN3O. The summed E-state index contributed by atoms with van der Waals surface area (Å²) in [5.74, 6) is -0.327. The van der Waals surface area contributed by atoms with Crippen molar-refractivity contribution in [3.05, 3.63) is 66.0 Å². The van der Waals surface area contributed by atoms with Crippen LogP contribution >= 0.6 is 0 Å². The third-order valence-electron chi connectivity index (χ3n) is 3.64. The Morgan fingerprint density at radius 2 is 1.74 bits per heavy atom. The molecule has 23 heavy (non-hydrogen) atoms. The Morgan fingerprint density at radius 3 is 2.35 bits per heavy atom. The molecule has 4 nitrogen and oxygen atoms in total. The zero-order valence-electron chi connectivity index (χ0n) is 13.4. The number of benzene rings is 2. The molecular weight excluding hydrogens is 293 g/mol. The molecule has 0 fully saturated rings. The summed E-state index contributed by atoms with van der Waals surface area (Å²) in [4.78, 5) is 14.0. The molecule has 2 aromatic rings. The minimum absolute atomic E-state index is 0.191. The molecule has 0 aliphatic rings. The number of amides is 2. The fraction of sp³-hybridized carbons (Fsp3) is 0.278. The number of hydrogen-bond donors (Lipinski definition) is 2. The Kier molecular flexibility index (Phi) is 6.11. The van der Waals surface area contributed by atoms with Crippen LogP contribution in [-0.4, -0.2) is 37.6 Å². The lowest BCUT2D eigenvalue weighted by atomic mass is 10.1. The molecule has 1 atom stereocenters. The van der Waals surface area contributed by atoms with Gasteiger partial charge in [0.05, 0.1) is 0 Å². The lowest BCUT2D eigenvalue weighted by Crippen LogP contribution is -2.43. The fourth-order valence-electron chi connectivity index (χ4n) is 2.24. The fourth-order valence-corrected chi connectivity index (χ4v) is 2.24. The zero-order valence-corrected chi connectivity index (χ0v) is 13.4. The molecule has 2 N–H and O–H groups in total. The lowest BCUT2D eigenvalue weighted by Gasteiger charge is -2.24. The van der Waals surface area contributed by atoms with Crippen molar-refractivity contribution in [3.8, 4) is 0 Å². The van der Waals surface area contributed by atoms with Gasteiger partial charge in [-0.25, -0.2) is 9.18 Å². The first-order chi connectivity index (χ1) is 11.0. The minimum Gasteiger partial charge on any atom is -0.336 e. The number of likely N-dealkylation sites (N-methyl/N-ethyl adjacent to an activating group) is 1. The monoisotopic (exact) mass is 315 g/mol. The molecule has 0 spiro atoms. The number of hydrogen-bond acceptors (Lipinski definition) is 2. The highest BCUT2D eigenvalue weighted by Crippen LogP contribution is 2.08. The molecule has 122 valence electrons. The number of nitrogens with zero attached hydrogens (tertiary/aromatic N) is 1. The number of anilines is 1. The molecule has 0 saturated heterocycles. The van der Waals surface area contributed by atoms with Gasteiger partial charge in [0.15, 0.2) is 0 Å². The van der Waals surface area contributed by atoms with Crippen LogP contribution in [0.25, 0.3) is 0 Å². The number of rotatable bonds is 6. The first kappa shape index (κ1) is 17.0. The van der Waals surface area contributed by atoms with Crippen molar-refractivity contribution in [2.45, 2.75) is 12.5 Å². The molecule has 0 aliphatic heterocycles. The third kappa shape index (κ3) is 5.71. The van der Waals surface area contributed by atoms with Gasteiger partial charge in [0.1, 0.15) is 5.82 Å². The molecule has 0 aliphatic carbocycles. The van der Waals surface area contributed by atoms with E-state index in [-0.39, 0.29) is 17.9 Å². The lowest BCUT2D eigenvalue weighted by molar-refractivity contribution is 0.242. The van der Waals surface area contributed by atoms with Crippen molar-refractivity contribution in [3.63, 3.8) is 0 Å². The van der Waals surface area contributed by atoms with Crippen molar-refractivity contribution < 1.29 is 9.18 Å². The summed E-state index contributed by atoms with van der Waals surface area (Å²) in [6, 6.07) is 15.7. The van der Waals surface area contributed by atoms with Gasteiger partial charge in [-0.15, -0.1) is 0 Å². The van der Waals surface area contributed by atoms with Gasteiger partial charge in [0, 0.05) is 18.3 Å². The van der Waals surface area contributed by atoms with Crippen molar-refractivity contribution in [1.29, 1.82) is 0 Å². The molecule has 2 aromatic carbocycles. The van der Waals surface area contributed by atoms with E-state index in [0.717, 1.165) is 6.42 Å². The Hall–Kier alpha value is -2.40. The quantitative estimate of drug-likeness (QED) is 0.860. The SMILES string of the molecule is CN(C)C(CNC(=O)Nc1ccc(F)cc1)Cc1ccccc1. The largest absolute Gasteiger partial charge is 0.336 e. The molecule has 0 heterocycles. The number of carbonyl (C=O) groups is 1. The first-order valence-corrected chi connectivity index (χ1v) is 7.55.